The number of rotatable bonds is 2. The van der Waals surface area contributed by atoms with E-state index in [9.17, 15) is 0 Å². The van der Waals surface area contributed by atoms with Gasteiger partial charge in [-0.05, 0) is 41.8 Å². The third-order valence-electron chi connectivity index (χ3n) is 3.25. The Kier molecular flexibility index (Phi) is 3.13. The molecule has 0 fully saturated rings. The van der Waals surface area contributed by atoms with Crippen LogP contribution in [0.15, 0.2) is 36.4 Å². The average Bonchev–Trinajstić information content (AvgIpc) is 2.46. The molecular weight excluding hydrogens is 238 g/mol. The van der Waals surface area contributed by atoms with Crippen LogP contribution >= 0.6 is 0 Å². The molecule has 1 aliphatic rings. The van der Waals surface area contributed by atoms with Crippen molar-refractivity contribution in [2.45, 2.75) is 13.5 Å². The van der Waals surface area contributed by atoms with Crippen molar-refractivity contribution in [2.24, 2.45) is 5.73 Å². The zero-order chi connectivity index (χ0) is 13.2. The molecule has 0 unspecified atom stereocenters. The smallest absolute Gasteiger partial charge is 0.161 e. The van der Waals surface area contributed by atoms with Crippen molar-refractivity contribution >= 4 is 0 Å². The molecule has 0 aliphatic carbocycles. The second-order valence-corrected chi connectivity index (χ2v) is 4.77. The van der Waals surface area contributed by atoms with Crippen molar-refractivity contribution in [3.05, 3.63) is 47.5 Å². The number of ether oxygens (including phenoxy) is 2. The number of benzene rings is 2. The highest BCUT2D eigenvalue weighted by Crippen LogP contribution is 2.34. The quantitative estimate of drug-likeness (QED) is 0.897. The maximum absolute atomic E-state index is 5.73. The molecule has 0 radical (unpaired) electrons. The third-order valence-corrected chi connectivity index (χ3v) is 3.25. The van der Waals surface area contributed by atoms with Crippen molar-refractivity contribution in [3.8, 4) is 22.6 Å². The molecule has 0 atom stereocenters. The van der Waals surface area contributed by atoms with E-state index in [4.69, 9.17) is 15.2 Å². The van der Waals surface area contributed by atoms with E-state index in [0.717, 1.165) is 28.2 Å². The molecule has 1 heterocycles. The van der Waals surface area contributed by atoms with E-state index >= 15 is 0 Å². The monoisotopic (exact) mass is 255 g/mol. The van der Waals surface area contributed by atoms with E-state index in [2.05, 4.69) is 31.2 Å². The van der Waals surface area contributed by atoms with Gasteiger partial charge in [0, 0.05) is 6.54 Å². The normalized spacial score (nSPS) is 13.4. The lowest BCUT2D eigenvalue weighted by Crippen LogP contribution is -2.15. The first-order valence-corrected chi connectivity index (χ1v) is 6.47. The van der Waals surface area contributed by atoms with E-state index in [1.807, 2.05) is 12.1 Å². The predicted octanol–water partition coefficient (Wildman–Crippen LogP) is 2.89. The molecule has 19 heavy (non-hydrogen) atoms. The first-order valence-electron chi connectivity index (χ1n) is 6.47. The molecule has 0 spiro atoms. The van der Waals surface area contributed by atoms with Gasteiger partial charge in [-0.3, -0.25) is 0 Å². The fourth-order valence-electron chi connectivity index (χ4n) is 2.37. The van der Waals surface area contributed by atoms with E-state index in [1.165, 1.54) is 5.56 Å². The van der Waals surface area contributed by atoms with Crippen LogP contribution in [0.1, 0.15) is 11.1 Å². The molecule has 0 saturated carbocycles. The molecule has 3 rings (SSSR count). The Bertz CT molecular complexity index is 608. The van der Waals surface area contributed by atoms with E-state index in [-0.39, 0.29) is 0 Å². The molecule has 0 aromatic heterocycles. The lowest BCUT2D eigenvalue weighted by molar-refractivity contribution is 0.171. The van der Waals surface area contributed by atoms with Gasteiger partial charge in [-0.1, -0.05) is 23.8 Å². The summed E-state index contributed by atoms with van der Waals surface area (Å²) in [5, 5.41) is 0. The second kappa shape index (κ2) is 4.94. The Balaban J connectivity index is 2.04. The van der Waals surface area contributed by atoms with Gasteiger partial charge in [0.1, 0.15) is 13.2 Å². The summed E-state index contributed by atoms with van der Waals surface area (Å²) in [5.41, 5.74) is 10.4. The molecule has 0 saturated heterocycles. The molecule has 3 nitrogen and oxygen atoms in total. The van der Waals surface area contributed by atoms with Crippen LogP contribution in [0, 0.1) is 6.92 Å². The van der Waals surface area contributed by atoms with Crippen LogP contribution in [0.25, 0.3) is 11.1 Å². The third kappa shape index (κ3) is 2.42. The highest BCUT2D eigenvalue weighted by atomic mass is 16.6. The van der Waals surface area contributed by atoms with Gasteiger partial charge in [-0.2, -0.15) is 0 Å². The summed E-state index contributed by atoms with van der Waals surface area (Å²) in [6.07, 6.45) is 0. The molecule has 0 amide bonds. The number of nitrogens with two attached hydrogens (primary N) is 1. The van der Waals surface area contributed by atoms with Crippen LogP contribution in [0.4, 0.5) is 0 Å². The zero-order valence-corrected chi connectivity index (χ0v) is 11.0. The Morgan fingerprint density at radius 1 is 0.947 bits per heavy atom. The lowest BCUT2D eigenvalue weighted by atomic mass is 10.00. The summed E-state index contributed by atoms with van der Waals surface area (Å²) >= 11 is 0. The fourth-order valence-corrected chi connectivity index (χ4v) is 2.37. The van der Waals surface area contributed by atoms with Gasteiger partial charge in [0.15, 0.2) is 11.5 Å². The Morgan fingerprint density at radius 3 is 2.53 bits per heavy atom. The summed E-state index contributed by atoms with van der Waals surface area (Å²) in [6.45, 7) is 3.87. The summed E-state index contributed by atoms with van der Waals surface area (Å²) in [5.74, 6) is 1.64. The highest BCUT2D eigenvalue weighted by molar-refractivity contribution is 5.68. The van der Waals surface area contributed by atoms with Gasteiger partial charge in [0.25, 0.3) is 0 Å². The van der Waals surface area contributed by atoms with Crippen molar-refractivity contribution in [3.63, 3.8) is 0 Å². The zero-order valence-electron chi connectivity index (χ0n) is 11.0. The molecule has 2 aromatic rings. The summed E-state index contributed by atoms with van der Waals surface area (Å²) in [6, 6.07) is 12.4. The van der Waals surface area contributed by atoms with Crippen LogP contribution in [-0.2, 0) is 6.54 Å². The molecular formula is C16H17NO2. The predicted molar refractivity (Wildman–Crippen MR) is 75.5 cm³/mol. The maximum atomic E-state index is 5.73. The van der Waals surface area contributed by atoms with Crippen LogP contribution < -0.4 is 15.2 Å². The van der Waals surface area contributed by atoms with Crippen molar-refractivity contribution in [1.29, 1.82) is 0 Å². The SMILES string of the molecule is Cc1cc(CN)cc(-c2ccc3c(c2)OCCO3)c1. The lowest BCUT2D eigenvalue weighted by Gasteiger charge is -2.19. The van der Waals surface area contributed by atoms with Crippen molar-refractivity contribution < 1.29 is 9.47 Å². The molecule has 1 aliphatic heterocycles. The molecule has 3 heteroatoms. The number of fused-ring (bicyclic) bond motifs is 1. The van der Waals surface area contributed by atoms with Crippen molar-refractivity contribution in [1.82, 2.24) is 0 Å². The molecule has 0 bridgehead atoms. The van der Waals surface area contributed by atoms with Gasteiger partial charge in [-0.15, -0.1) is 0 Å². The summed E-state index contributed by atoms with van der Waals surface area (Å²) in [7, 11) is 0. The minimum atomic E-state index is 0.555. The van der Waals surface area contributed by atoms with Crippen LogP contribution in [0.2, 0.25) is 0 Å². The topological polar surface area (TPSA) is 44.5 Å². The largest absolute Gasteiger partial charge is 0.486 e. The van der Waals surface area contributed by atoms with E-state index < -0.39 is 0 Å². The minimum absolute atomic E-state index is 0.555. The minimum Gasteiger partial charge on any atom is -0.486 e. The van der Waals surface area contributed by atoms with Gasteiger partial charge < -0.3 is 15.2 Å². The summed E-state index contributed by atoms with van der Waals surface area (Å²) in [4.78, 5) is 0. The highest BCUT2D eigenvalue weighted by Gasteiger charge is 2.12. The first-order chi connectivity index (χ1) is 9.26. The van der Waals surface area contributed by atoms with Gasteiger partial charge in [0.05, 0.1) is 0 Å². The van der Waals surface area contributed by atoms with Gasteiger partial charge in [-0.25, -0.2) is 0 Å². The fraction of sp³-hybridized carbons (Fsp3) is 0.250. The van der Waals surface area contributed by atoms with E-state index in [1.54, 1.807) is 0 Å². The number of hydrogen-bond donors (Lipinski definition) is 1. The molecule has 2 N–H and O–H groups in total. The standard InChI is InChI=1S/C16H17NO2/c1-11-6-12(10-17)8-14(7-11)13-2-3-15-16(9-13)19-5-4-18-15/h2-3,6-9H,4-5,10,17H2,1H3. The molecule has 98 valence electrons. The average molecular weight is 255 g/mol. The Labute approximate surface area is 113 Å². The van der Waals surface area contributed by atoms with Crippen molar-refractivity contribution in [2.75, 3.05) is 13.2 Å². The Morgan fingerprint density at radius 2 is 1.74 bits per heavy atom. The number of hydrogen-bond acceptors (Lipinski definition) is 3. The van der Waals surface area contributed by atoms with Crippen LogP contribution in [0.3, 0.4) is 0 Å². The van der Waals surface area contributed by atoms with Gasteiger partial charge in [0.2, 0.25) is 0 Å². The van der Waals surface area contributed by atoms with E-state index in [0.29, 0.717) is 19.8 Å². The first kappa shape index (κ1) is 12.1. The van der Waals surface area contributed by atoms with Gasteiger partial charge >= 0.3 is 0 Å². The second-order valence-electron chi connectivity index (χ2n) is 4.77. The number of aryl methyl sites for hydroxylation is 1. The van der Waals surface area contributed by atoms with Crippen LogP contribution in [-0.4, -0.2) is 13.2 Å². The summed E-state index contributed by atoms with van der Waals surface area (Å²) < 4.78 is 11.2. The molecule has 2 aromatic carbocycles. The maximum Gasteiger partial charge on any atom is 0.161 e. The Hall–Kier alpha value is -2.00. The van der Waals surface area contributed by atoms with Crippen LogP contribution in [0.5, 0.6) is 11.5 Å².